The van der Waals surface area contributed by atoms with Gasteiger partial charge in [0.2, 0.25) is 0 Å². The predicted molar refractivity (Wildman–Crippen MR) is 48.2 cm³/mol. The van der Waals surface area contributed by atoms with E-state index in [2.05, 4.69) is 0 Å². The first-order chi connectivity index (χ1) is 6.09. The van der Waals surface area contributed by atoms with E-state index in [4.69, 9.17) is 4.74 Å². The van der Waals surface area contributed by atoms with Crippen molar-refractivity contribution in [3.05, 3.63) is 29.8 Å². The fourth-order valence-corrected chi connectivity index (χ4v) is 2.27. The van der Waals surface area contributed by atoms with E-state index in [0.717, 1.165) is 5.56 Å². The second-order valence-corrected chi connectivity index (χ2v) is 5.12. The van der Waals surface area contributed by atoms with Crippen LogP contribution in [0.15, 0.2) is 29.2 Å². The summed E-state index contributed by atoms with van der Waals surface area (Å²) in [7, 11) is -3.12. The van der Waals surface area contributed by atoms with Crippen LogP contribution in [-0.4, -0.2) is 21.3 Å². The van der Waals surface area contributed by atoms with E-state index in [9.17, 15) is 8.42 Å². The Kier molecular flexibility index (Phi) is 1.89. The molecule has 3 nitrogen and oxygen atoms in total. The molecular formula is C9H10O3S. The first kappa shape index (κ1) is 8.72. The van der Waals surface area contributed by atoms with E-state index < -0.39 is 9.84 Å². The van der Waals surface area contributed by atoms with Gasteiger partial charge in [-0.15, -0.1) is 0 Å². The predicted octanol–water partition coefficient (Wildman–Crippen LogP) is 1.16. The van der Waals surface area contributed by atoms with E-state index in [0.29, 0.717) is 11.5 Å². The highest BCUT2D eigenvalue weighted by molar-refractivity contribution is 7.90. The van der Waals surface area contributed by atoms with Crippen LogP contribution in [0.2, 0.25) is 0 Å². The van der Waals surface area contributed by atoms with Crippen molar-refractivity contribution in [2.45, 2.75) is 11.0 Å². The summed E-state index contributed by atoms with van der Waals surface area (Å²) in [5, 5.41) is 0. The molecule has 13 heavy (non-hydrogen) atoms. The normalized spacial score (nSPS) is 21.5. The van der Waals surface area contributed by atoms with Crippen molar-refractivity contribution in [3.63, 3.8) is 0 Å². The summed E-state index contributed by atoms with van der Waals surface area (Å²) < 4.78 is 27.7. The number of hydrogen-bond donors (Lipinski definition) is 0. The summed E-state index contributed by atoms with van der Waals surface area (Å²) in [6, 6.07) is 6.97. The number of rotatable bonds is 2. The molecule has 1 saturated heterocycles. The quantitative estimate of drug-likeness (QED) is 0.670. The van der Waals surface area contributed by atoms with Gasteiger partial charge in [0.05, 0.1) is 11.5 Å². The lowest BCUT2D eigenvalue weighted by atomic mass is 10.2. The molecule has 70 valence electrons. The van der Waals surface area contributed by atoms with Crippen LogP contribution in [0.3, 0.4) is 0 Å². The van der Waals surface area contributed by atoms with Gasteiger partial charge in [-0.05, 0) is 6.07 Å². The molecule has 1 unspecified atom stereocenters. The van der Waals surface area contributed by atoms with Crippen LogP contribution in [0, 0.1) is 0 Å². The van der Waals surface area contributed by atoms with Crippen molar-refractivity contribution in [2.75, 3.05) is 12.9 Å². The highest BCUT2D eigenvalue weighted by Crippen LogP contribution is 2.33. The molecule has 0 N–H and O–H groups in total. The van der Waals surface area contributed by atoms with Gasteiger partial charge in [0.1, 0.15) is 6.10 Å². The molecule has 0 saturated carbocycles. The van der Waals surface area contributed by atoms with Gasteiger partial charge in [0.25, 0.3) is 0 Å². The number of hydrogen-bond acceptors (Lipinski definition) is 3. The van der Waals surface area contributed by atoms with Crippen LogP contribution >= 0.6 is 0 Å². The van der Waals surface area contributed by atoms with Gasteiger partial charge in [-0.1, -0.05) is 18.2 Å². The topological polar surface area (TPSA) is 46.7 Å². The van der Waals surface area contributed by atoms with E-state index in [1.807, 2.05) is 6.07 Å². The number of sulfone groups is 1. The molecule has 0 spiro atoms. The van der Waals surface area contributed by atoms with Crippen LogP contribution < -0.4 is 0 Å². The maximum Gasteiger partial charge on any atom is 0.175 e. The first-order valence-electron chi connectivity index (χ1n) is 3.99. The Morgan fingerprint density at radius 3 is 2.54 bits per heavy atom. The molecule has 0 aliphatic carbocycles. The average molecular weight is 198 g/mol. The van der Waals surface area contributed by atoms with Gasteiger partial charge in [0, 0.05) is 11.8 Å². The van der Waals surface area contributed by atoms with Crippen molar-refractivity contribution in [1.82, 2.24) is 0 Å². The minimum absolute atomic E-state index is 0.00840. The smallest absolute Gasteiger partial charge is 0.175 e. The highest BCUT2D eigenvalue weighted by atomic mass is 32.2. The minimum Gasteiger partial charge on any atom is -0.368 e. The molecule has 1 aliphatic heterocycles. The molecule has 2 rings (SSSR count). The first-order valence-corrected chi connectivity index (χ1v) is 5.89. The molecule has 0 amide bonds. The third kappa shape index (κ3) is 1.73. The van der Waals surface area contributed by atoms with E-state index in [1.165, 1.54) is 6.26 Å². The maximum absolute atomic E-state index is 11.3. The van der Waals surface area contributed by atoms with E-state index in [-0.39, 0.29) is 6.10 Å². The lowest BCUT2D eigenvalue weighted by Crippen LogP contribution is -2.01. The number of ether oxygens (including phenoxy) is 1. The SMILES string of the molecule is CS(=O)(=O)c1ccccc1C1CO1. The van der Waals surface area contributed by atoms with Gasteiger partial charge in [-0.3, -0.25) is 0 Å². The lowest BCUT2D eigenvalue weighted by Gasteiger charge is -2.03. The molecule has 4 heteroatoms. The Morgan fingerprint density at radius 2 is 2.00 bits per heavy atom. The van der Waals surface area contributed by atoms with Gasteiger partial charge in [-0.25, -0.2) is 8.42 Å². The van der Waals surface area contributed by atoms with Crippen molar-refractivity contribution in [1.29, 1.82) is 0 Å². The zero-order valence-corrected chi connectivity index (χ0v) is 8.04. The summed E-state index contributed by atoms with van der Waals surface area (Å²) in [6.07, 6.45) is 1.21. The van der Waals surface area contributed by atoms with Gasteiger partial charge in [-0.2, -0.15) is 0 Å². The monoisotopic (exact) mass is 198 g/mol. The maximum atomic E-state index is 11.3. The third-order valence-electron chi connectivity index (χ3n) is 2.00. The summed E-state index contributed by atoms with van der Waals surface area (Å²) in [5.74, 6) is 0. The molecule has 1 atom stereocenters. The van der Waals surface area contributed by atoms with Gasteiger partial charge < -0.3 is 4.74 Å². The van der Waals surface area contributed by atoms with Crippen molar-refractivity contribution in [3.8, 4) is 0 Å². The Bertz CT molecular complexity index is 418. The number of epoxide rings is 1. The summed E-state index contributed by atoms with van der Waals surface area (Å²) >= 11 is 0. The van der Waals surface area contributed by atoms with E-state index >= 15 is 0 Å². The van der Waals surface area contributed by atoms with Gasteiger partial charge in [0.15, 0.2) is 9.84 Å². The summed E-state index contributed by atoms with van der Waals surface area (Å²) in [5.41, 5.74) is 0.782. The lowest BCUT2D eigenvalue weighted by molar-refractivity contribution is 0.412. The molecule has 1 fully saturated rings. The Balaban J connectivity index is 2.55. The standard InChI is InChI=1S/C9H10O3S/c1-13(10,11)9-5-3-2-4-7(9)8-6-12-8/h2-5,8H,6H2,1H3. The number of benzene rings is 1. The molecule has 1 aliphatic rings. The van der Waals surface area contributed by atoms with Crippen molar-refractivity contribution < 1.29 is 13.2 Å². The molecule has 1 heterocycles. The summed E-state index contributed by atoms with van der Waals surface area (Å²) in [4.78, 5) is 0.387. The molecule has 1 aromatic carbocycles. The van der Waals surface area contributed by atoms with Gasteiger partial charge >= 0.3 is 0 Å². The Hall–Kier alpha value is -0.870. The van der Waals surface area contributed by atoms with Crippen LogP contribution in [0.1, 0.15) is 11.7 Å². The Morgan fingerprint density at radius 1 is 1.38 bits per heavy atom. The Labute approximate surface area is 77.3 Å². The largest absolute Gasteiger partial charge is 0.368 e. The van der Waals surface area contributed by atoms with Crippen LogP contribution in [0.5, 0.6) is 0 Å². The minimum atomic E-state index is -3.12. The zero-order chi connectivity index (χ0) is 9.47. The molecule has 0 aromatic heterocycles. The van der Waals surface area contributed by atoms with E-state index in [1.54, 1.807) is 18.2 Å². The molecular weight excluding hydrogens is 188 g/mol. The second-order valence-electron chi connectivity index (χ2n) is 3.13. The molecule has 0 radical (unpaired) electrons. The van der Waals surface area contributed by atoms with Crippen LogP contribution in [0.4, 0.5) is 0 Å². The zero-order valence-electron chi connectivity index (χ0n) is 7.23. The second kappa shape index (κ2) is 2.82. The molecule has 0 bridgehead atoms. The van der Waals surface area contributed by atoms with Crippen molar-refractivity contribution >= 4 is 9.84 Å². The fraction of sp³-hybridized carbons (Fsp3) is 0.333. The molecule has 1 aromatic rings. The van der Waals surface area contributed by atoms with Crippen molar-refractivity contribution in [2.24, 2.45) is 0 Å². The fourth-order valence-electron chi connectivity index (χ4n) is 1.31. The van der Waals surface area contributed by atoms with Crippen LogP contribution in [-0.2, 0) is 14.6 Å². The average Bonchev–Trinajstić information content (AvgIpc) is 2.85. The van der Waals surface area contributed by atoms with Crippen LogP contribution in [0.25, 0.3) is 0 Å². The highest BCUT2D eigenvalue weighted by Gasteiger charge is 2.29. The third-order valence-corrected chi connectivity index (χ3v) is 3.17. The summed E-state index contributed by atoms with van der Waals surface area (Å²) in [6.45, 7) is 0.631.